The zero-order valence-electron chi connectivity index (χ0n) is 13.0. The smallest absolute Gasteiger partial charge is 0.250 e. The minimum Gasteiger partial charge on any atom is -0.345 e. The second-order valence-corrected chi connectivity index (χ2v) is 8.00. The first-order chi connectivity index (χ1) is 10.9. The monoisotopic (exact) mass is 356 g/mol. The van der Waals surface area contributed by atoms with Crippen LogP contribution in [0.1, 0.15) is 31.6 Å². The van der Waals surface area contributed by atoms with Crippen LogP contribution in [-0.4, -0.2) is 30.4 Å². The van der Waals surface area contributed by atoms with Crippen molar-refractivity contribution in [3.63, 3.8) is 0 Å². The first-order valence-electron chi connectivity index (χ1n) is 7.23. The summed E-state index contributed by atoms with van der Waals surface area (Å²) in [7, 11) is -1.78. The Bertz CT molecular complexity index is 738. The van der Waals surface area contributed by atoms with E-state index in [-0.39, 0.29) is 22.7 Å². The molecule has 0 bridgehead atoms. The third-order valence-corrected chi connectivity index (χ3v) is 6.06. The molecule has 2 heterocycles. The molecule has 0 fully saturated rings. The van der Waals surface area contributed by atoms with Gasteiger partial charge in [-0.2, -0.15) is 0 Å². The van der Waals surface area contributed by atoms with Crippen LogP contribution in [0.2, 0.25) is 0 Å². The summed E-state index contributed by atoms with van der Waals surface area (Å²) in [6.45, 7) is 1.71. The van der Waals surface area contributed by atoms with Gasteiger partial charge in [-0.15, -0.1) is 11.3 Å². The third-order valence-electron chi connectivity index (χ3n) is 3.27. The SMILES string of the molecule is CCCC(NC(=O)CNS(=O)(=O)c1cccs1)c1nccn1C. The summed E-state index contributed by atoms with van der Waals surface area (Å²) in [5.41, 5.74) is 0. The second-order valence-electron chi connectivity index (χ2n) is 5.06. The number of rotatable bonds is 8. The molecule has 0 radical (unpaired) electrons. The van der Waals surface area contributed by atoms with E-state index in [1.54, 1.807) is 17.6 Å². The van der Waals surface area contributed by atoms with Gasteiger partial charge in [0.2, 0.25) is 5.91 Å². The van der Waals surface area contributed by atoms with Gasteiger partial charge in [-0.1, -0.05) is 19.4 Å². The molecule has 23 heavy (non-hydrogen) atoms. The first-order valence-corrected chi connectivity index (χ1v) is 9.60. The van der Waals surface area contributed by atoms with Crippen molar-refractivity contribution in [3.8, 4) is 0 Å². The van der Waals surface area contributed by atoms with Crippen LogP contribution in [0, 0.1) is 0 Å². The highest BCUT2D eigenvalue weighted by Gasteiger charge is 2.20. The molecule has 2 aromatic heterocycles. The zero-order chi connectivity index (χ0) is 16.9. The molecular formula is C14H20N4O3S2. The topological polar surface area (TPSA) is 93.1 Å². The van der Waals surface area contributed by atoms with E-state index in [1.165, 1.54) is 6.07 Å². The number of aryl methyl sites for hydroxylation is 1. The number of hydrogen-bond acceptors (Lipinski definition) is 5. The van der Waals surface area contributed by atoms with Gasteiger partial charge in [0.25, 0.3) is 10.0 Å². The lowest BCUT2D eigenvalue weighted by atomic mass is 10.1. The molecule has 0 aromatic carbocycles. The fourth-order valence-corrected chi connectivity index (χ4v) is 4.18. The summed E-state index contributed by atoms with van der Waals surface area (Å²) >= 11 is 1.11. The molecule has 0 aliphatic rings. The van der Waals surface area contributed by atoms with E-state index in [4.69, 9.17) is 0 Å². The molecule has 1 unspecified atom stereocenters. The maximum Gasteiger partial charge on any atom is 0.250 e. The number of nitrogens with zero attached hydrogens (tertiary/aromatic N) is 2. The molecule has 0 spiro atoms. The van der Waals surface area contributed by atoms with Crippen LogP contribution in [0.4, 0.5) is 0 Å². The maximum atomic E-state index is 12.1. The van der Waals surface area contributed by atoms with Crippen molar-refractivity contribution in [1.82, 2.24) is 19.6 Å². The Balaban J connectivity index is 1.96. The Morgan fingerprint density at radius 1 is 1.48 bits per heavy atom. The Morgan fingerprint density at radius 2 is 2.26 bits per heavy atom. The van der Waals surface area contributed by atoms with Gasteiger partial charge in [-0.25, -0.2) is 18.1 Å². The molecule has 126 valence electrons. The number of amides is 1. The van der Waals surface area contributed by atoms with Gasteiger partial charge < -0.3 is 9.88 Å². The highest BCUT2D eigenvalue weighted by molar-refractivity contribution is 7.91. The van der Waals surface area contributed by atoms with Crippen molar-refractivity contribution < 1.29 is 13.2 Å². The van der Waals surface area contributed by atoms with E-state index < -0.39 is 10.0 Å². The van der Waals surface area contributed by atoms with Crippen LogP contribution in [0.25, 0.3) is 0 Å². The predicted octanol–water partition coefficient (Wildman–Crippen LogP) is 1.42. The normalized spacial score (nSPS) is 13.0. The molecule has 0 aliphatic heterocycles. The van der Waals surface area contributed by atoms with E-state index in [2.05, 4.69) is 15.0 Å². The number of hydrogen-bond donors (Lipinski definition) is 2. The summed E-state index contributed by atoms with van der Waals surface area (Å²) in [5, 5.41) is 4.51. The molecule has 0 saturated heterocycles. The number of aromatic nitrogens is 2. The molecule has 7 nitrogen and oxygen atoms in total. The van der Waals surface area contributed by atoms with Crippen LogP contribution in [-0.2, 0) is 21.9 Å². The van der Waals surface area contributed by atoms with E-state index in [0.717, 1.165) is 30.0 Å². The predicted molar refractivity (Wildman–Crippen MR) is 88.5 cm³/mol. The maximum absolute atomic E-state index is 12.1. The van der Waals surface area contributed by atoms with Gasteiger partial charge in [0.15, 0.2) is 0 Å². The van der Waals surface area contributed by atoms with Crippen molar-refractivity contribution in [3.05, 3.63) is 35.7 Å². The van der Waals surface area contributed by atoms with Crippen molar-refractivity contribution >= 4 is 27.3 Å². The van der Waals surface area contributed by atoms with E-state index in [1.807, 2.05) is 24.7 Å². The van der Waals surface area contributed by atoms with Gasteiger partial charge in [-0.3, -0.25) is 4.79 Å². The standard InChI is InChI=1S/C14H20N4O3S2/c1-3-5-11(14-15-7-8-18(14)2)17-12(19)10-16-23(20,21)13-6-4-9-22-13/h4,6-9,11,16H,3,5,10H2,1-2H3,(H,17,19). The summed E-state index contributed by atoms with van der Waals surface area (Å²) < 4.78 is 28.3. The molecule has 2 N–H and O–H groups in total. The van der Waals surface area contributed by atoms with Gasteiger partial charge >= 0.3 is 0 Å². The summed E-state index contributed by atoms with van der Waals surface area (Å²) in [4.78, 5) is 16.3. The van der Waals surface area contributed by atoms with Crippen molar-refractivity contribution in [1.29, 1.82) is 0 Å². The molecule has 1 amide bonds. The summed E-state index contributed by atoms with van der Waals surface area (Å²) in [6.07, 6.45) is 5.08. The van der Waals surface area contributed by atoms with Crippen LogP contribution in [0.3, 0.4) is 0 Å². The number of imidazole rings is 1. The van der Waals surface area contributed by atoms with Crippen LogP contribution in [0.5, 0.6) is 0 Å². The average Bonchev–Trinajstić information content (AvgIpc) is 3.16. The number of carbonyl (C=O) groups is 1. The van der Waals surface area contributed by atoms with Gasteiger partial charge in [0, 0.05) is 19.4 Å². The fourth-order valence-electron chi connectivity index (χ4n) is 2.16. The molecule has 0 aliphatic carbocycles. The number of nitrogens with one attached hydrogen (secondary N) is 2. The Hall–Kier alpha value is -1.71. The number of carbonyl (C=O) groups excluding carboxylic acids is 1. The molecule has 2 rings (SSSR count). The van der Waals surface area contributed by atoms with Crippen molar-refractivity contribution in [2.75, 3.05) is 6.54 Å². The number of sulfonamides is 1. The Kier molecular flexibility index (Phi) is 5.91. The molecule has 0 saturated carbocycles. The van der Waals surface area contributed by atoms with Gasteiger partial charge in [0.05, 0.1) is 12.6 Å². The quantitative estimate of drug-likeness (QED) is 0.748. The highest BCUT2D eigenvalue weighted by atomic mass is 32.2. The lowest BCUT2D eigenvalue weighted by molar-refractivity contribution is -0.120. The average molecular weight is 356 g/mol. The third kappa shape index (κ3) is 4.63. The van der Waals surface area contributed by atoms with Crippen molar-refractivity contribution in [2.24, 2.45) is 7.05 Å². The molecule has 2 aromatic rings. The van der Waals surface area contributed by atoms with Gasteiger partial charge in [0.1, 0.15) is 10.0 Å². The van der Waals surface area contributed by atoms with Crippen molar-refractivity contribution in [2.45, 2.75) is 30.0 Å². The van der Waals surface area contributed by atoms with Crippen LogP contribution < -0.4 is 10.0 Å². The summed E-state index contributed by atoms with van der Waals surface area (Å²) in [6, 6.07) is 2.91. The Labute approximate surface area is 139 Å². The Morgan fingerprint density at radius 3 is 2.83 bits per heavy atom. The highest BCUT2D eigenvalue weighted by Crippen LogP contribution is 2.17. The molecule has 1 atom stereocenters. The number of thiophene rings is 1. The van der Waals surface area contributed by atoms with Gasteiger partial charge in [-0.05, 0) is 17.9 Å². The summed E-state index contributed by atoms with van der Waals surface area (Å²) in [5.74, 6) is 0.368. The fraction of sp³-hybridized carbons (Fsp3) is 0.429. The molecular weight excluding hydrogens is 336 g/mol. The van der Waals surface area contributed by atoms with Crippen LogP contribution in [0.15, 0.2) is 34.1 Å². The largest absolute Gasteiger partial charge is 0.345 e. The van der Waals surface area contributed by atoms with Crippen LogP contribution >= 0.6 is 11.3 Å². The molecule has 9 heteroatoms. The van der Waals surface area contributed by atoms with E-state index in [9.17, 15) is 13.2 Å². The van der Waals surface area contributed by atoms with E-state index >= 15 is 0 Å². The minimum absolute atomic E-state index is 0.194. The second kappa shape index (κ2) is 7.71. The zero-order valence-corrected chi connectivity index (χ0v) is 14.7. The lowest BCUT2D eigenvalue weighted by Gasteiger charge is -2.18. The lowest BCUT2D eigenvalue weighted by Crippen LogP contribution is -2.39. The first kappa shape index (κ1) is 17.6. The minimum atomic E-state index is -3.64. The van der Waals surface area contributed by atoms with E-state index in [0.29, 0.717) is 0 Å².